The average molecular weight is 626 g/mol. The number of epoxide rings is 2. The molecule has 2 fully saturated rings. The van der Waals surface area contributed by atoms with E-state index < -0.39 is 72.1 Å². The third-order valence-electron chi connectivity index (χ3n) is 4.38. The highest BCUT2D eigenvalue weighted by molar-refractivity contribution is 5.11. The van der Waals surface area contributed by atoms with Crippen molar-refractivity contribution in [2.75, 3.05) is 0 Å². The fourth-order valence-corrected chi connectivity index (χ4v) is 2.10. The van der Waals surface area contributed by atoms with Crippen molar-refractivity contribution < 1.29 is 116 Å². The molecule has 2 unspecified atom stereocenters. The van der Waals surface area contributed by atoms with Crippen LogP contribution in [-0.2, 0) is 18.9 Å². The minimum absolute atomic E-state index is 1.35. The molecule has 38 heavy (non-hydrogen) atoms. The number of halogens is 22. The second-order valence-electron chi connectivity index (χ2n) is 7.00. The Labute approximate surface area is 189 Å². The molecule has 0 radical (unpaired) electrons. The second-order valence-corrected chi connectivity index (χ2v) is 7.00. The van der Waals surface area contributed by atoms with Gasteiger partial charge >= 0.3 is 72.1 Å². The number of hydrogen-bond acceptors (Lipinski definition) is 4. The van der Waals surface area contributed by atoms with Crippen LogP contribution in [-0.4, -0.2) is 72.1 Å². The minimum atomic E-state index is -8.94. The highest BCUT2D eigenvalue weighted by Crippen LogP contribution is 2.66. The smallest absolute Gasteiger partial charge is 0.263 e. The molecule has 2 aliphatic rings. The SMILES string of the molecule is FC(F)(OC(F)(F)C1(F)OC1(F)F)C(F)(F)C(F)(F)C(F)(F)C(F)(F)C(F)(F)OC(F)(F)C1(F)OC1(F)F. The summed E-state index contributed by atoms with van der Waals surface area (Å²) >= 11 is 0. The van der Waals surface area contributed by atoms with Crippen molar-refractivity contribution in [3.63, 3.8) is 0 Å². The van der Waals surface area contributed by atoms with E-state index in [1.165, 1.54) is 9.47 Å². The predicted molar refractivity (Wildman–Crippen MR) is 61.5 cm³/mol. The van der Waals surface area contributed by atoms with E-state index in [-0.39, 0.29) is 0 Å². The standard InChI is InChI=1S/C12F22O4/c13-1(14,3(17,18)7(23,24)37-11(31,32)5(21)9(27,28)35-5)2(15,16)4(19,20)8(25,26)38-12(33,34)6(22)10(29,30)36-6. The van der Waals surface area contributed by atoms with Gasteiger partial charge in [-0.1, -0.05) is 0 Å². The molecule has 0 spiro atoms. The fourth-order valence-electron chi connectivity index (χ4n) is 2.10. The molecule has 0 N–H and O–H groups in total. The lowest BCUT2D eigenvalue weighted by molar-refractivity contribution is -0.519. The number of alkyl halides is 22. The molecule has 2 rings (SSSR count). The van der Waals surface area contributed by atoms with Crippen molar-refractivity contribution in [3.05, 3.63) is 0 Å². The van der Waals surface area contributed by atoms with Crippen molar-refractivity contribution in [2.45, 2.75) is 72.1 Å². The van der Waals surface area contributed by atoms with Crippen molar-refractivity contribution in [1.82, 2.24) is 0 Å². The van der Waals surface area contributed by atoms with E-state index in [2.05, 4.69) is 9.47 Å². The van der Waals surface area contributed by atoms with E-state index >= 15 is 0 Å². The van der Waals surface area contributed by atoms with Crippen LogP contribution in [0.5, 0.6) is 0 Å². The van der Waals surface area contributed by atoms with Crippen LogP contribution in [0.15, 0.2) is 0 Å². The third-order valence-corrected chi connectivity index (χ3v) is 4.38. The summed E-state index contributed by atoms with van der Waals surface area (Å²) in [4.78, 5) is 0. The molecule has 0 bridgehead atoms. The maximum atomic E-state index is 13.5. The molecule has 0 aromatic rings. The van der Waals surface area contributed by atoms with Gasteiger partial charge in [-0.2, -0.15) is 96.6 Å². The Morgan fingerprint density at radius 3 is 0.711 bits per heavy atom. The molecule has 2 saturated heterocycles. The normalized spacial score (nSPS) is 28.9. The fraction of sp³-hybridized carbons (Fsp3) is 1.00. The van der Waals surface area contributed by atoms with Crippen LogP contribution in [0.4, 0.5) is 96.6 Å². The van der Waals surface area contributed by atoms with E-state index in [4.69, 9.17) is 0 Å². The lowest BCUT2D eigenvalue weighted by Gasteiger charge is -2.41. The Morgan fingerprint density at radius 2 is 0.553 bits per heavy atom. The summed E-state index contributed by atoms with van der Waals surface area (Å²) in [6, 6.07) is 0. The van der Waals surface area contributed by atoms with Crippen molar-refractivity contribution >= 4 is 0 Å². The summed E-state index contributed by atoms with van der Waals surface area (Å²) in [5.74, 6) is -47.7. The highest BCUT2D eigenvalue weighted by atomic mass is 19.4. The third kappa shape index (κ3) is 3.86. The average Bonchev–Trinajstić information content (AvgIpc) is 3.39. The molecule has 2 aliphatic heterocycles. The summed E-state index contributed by atoms with van der Waals surface area (Å²) in [6.07, 6.45) is -42.7. The van der Waals surface area contributed by atoms with Gasteiger partial charge in [0.25, 0.3) is 0 Å². The molecule has 2 atom stereocenters. The van der Waals surface area contributed by atoms with Crippen LogP contribution < -0.4 is 0 Å². The van der Waals surface area contributed by atoms with Gasteiger partial charge in [0.05, 0.1) is 0 Å². The van der Waals surface area contributed by atoms with Gasteiger partial charge < -0.3 is 0 Å². The van der Waals surface area contributed by atoms with Crippen molar-refractivity contribution in [2.24, 2.45) is 0 Å². The van der Waals surface area contributed by atoms with Gasteiger partial charge in [0.15, 0.2) is 0 Å². The predicted octanol–water partition coefficient (Wildman–Crippen LogP) is 6.51. The van der Waals surface area contributed by atoms with Crippen molar-refractivity contribution in [1.29, 1.82) is 0 Å². The van der Waals surface area contributed by atoms with Gasteiger partial charge in [0.2, 0.25) is 0 Å². The van der Waals surface area contributed by atoms with Gasteiger partial charge in [-0.05, 0) is 0 Å². The van der Waals surface area contributed by atoms with Crippen LogP contribution >= 0.6 is 0 Å². The lowest BCUT2D eigenvalue weighted by Crippen LogP contribution is -2.72. The number of ether oxygens (including phenoxy) is 4. The Morgan fingerprint density at radius 1 is 0.368 bits per heavy atom. The van der Waals surface area contributed by atoms with Crippen LogP contribution in [0.1, 0.15) is 0 Å². The first-order chi connectivity index (χ1) is 16.1. The van der Waals surface area contributed by atoms with Gasteiger partial charge in [-0.15, -0.1) is 0 Å². The zero-order valence-electron chi connectivity index (χ0n) is 15.9. The van der Waals surface area contributed by atoms with E-state index in [0.29, 0.717) is 0 Å². The minimum Gasteiger partial charge on any atom is -0.263 e. The molecule has 2 heterocycles. The lowest BCUT2D eigenvalue weighted by atomic mass is 9.97. The summed E-state index contributed by atoms with van der Waals surface area (Å²) in [7, 11) is 0. The van der Waals surface area contributed by atoms with Crippen LogP contribution in [0.3, 0.4) is 0 Å². The summed E-state index contributed by atoms with van der Waals surface area (Å²) in [6.45, 7) is 0. The van der Waals surface area contributed by atoms with Crippen LogP contribution in [0, 0.1) is 0 Å². The molecule has 0 aromatic heterocycles. The molecule has 26 heteroatoms. The van der Waals surface area contributed by atoms with Crippen LogP contribution in [0.2, 0.25) is 0 Å². The molecular weight excluding hydrogens is 626 g/mol. The van der Waals surface area contributed by atoms with Gasteiger partial charge in [0.1, 0.15) is 0 Å². The molecule has 0 aromatic carbocycles. The quantitative estimate of drug-likeness (QED) is 0.194. The Bertz CT molecular complexity index is 884. The van der Waals surface area contributed by atoms with E-state index in [9.17, 15) is 96.6 Å². The van der Waals surface area contributed by atoms with Crippen LogP contribution in [0.25, 0.3) is 0 Å². The van der Waals surface area contributed by atoms with Gasteiger partial charge in [0, 0.05) is 0 Å². The zero-order valence-corrected chi connectivity index (χ0v) is 15.9. The van der Waals surface area contributed by atoms with E-state index in [1.807, 2.05) is 0 Å². The maximum Gasteiger partial charge on any atom is 0.430 e. The first-order valence-electron chi connectivity index (χ1n) is 8.04. The first kappa shape index (κ1) is 32.5. The van der Waals surface area contributed by atoms with Gasteiger partial charge in [-0.25, -0.2) is 9.47 Å². The Kier molecular flexibility index (Phi) is 6.44. The largest absolute Gasteiger partial charge is 0.430 e. The van der Waals surface area contributed by atoms with Crippen molar-refractivity contribution in [3.8, 4) is 0 Å². The monoisotopic (exact) mass is 626 g/mol. The molecule has 0 saturated carbocycles. The molecule has 0 aliphatic carbocycles. The zero-order chi connectivity index (χ0) is 30.8. The summed E-state index contributed by atoms with van der Waals surface area (Å²) < 4.78 is 295. The number of rotatable bonds is 11. The number of hydrogen-bond donors (Lipinski definition) is 0. The van der Waals surface area contributed by atoms with E-state index in [0.717, 1.165) is 0 Å². The Hall–Kier alpha value is -1.70. The summed E-state index contributed by atoms with van der Waals surface area (Å²) in [5.41, 5.74) is 0. The maximum absolute atomic E-state index is 13.5. The van der Waals surface area contributed by atoms with E-state index in [1.54, 1.807) is 0 Å². The molecule has 226 valence electrons. The highest BCUT2D eigenvalue weighted by Gasteiger charge is 2.97. The second kappa shape index (κ2) is 7.52. The molecular formula is C12F22O4. The summed E-state index contributed by atoms with van der Waals surface area (Å²) in [5, 5.41) is 0. The Balaban J connectivity index is 2.45. The topological polar surface area (TPSA) is 43.5 Å². The van der Waals surface area contributed by atoms with Gasteiger partial charge in [-0.3, -0.25) is 9.47 Å². The first-order valence-corrected chi connectivity index (χ1v) is 8.04. The molecule has 0 amide bonds. The molecule has 4 nitrogen and oxygen atoms in total.